The second-order valence-corrected chi connectivity index (χ2v) is 6.38. The molecular weight excluding hydrogens is 309 g/mol. The molecule has 3 aromatic carbocycles. The van der Waals surface area contributed by atoms with Gasteiger partial charge in [0.1, 0.15) is 5.82 Å². The van der Waals surface area contributed by atoms with Gasteiger partial charge >= 0.3 is 0 Å². The molecule has 1 amide bonds. The summed E-state index contributed by atoms with van der Waals surface area (Å²) in [6.07, 6.45) is 0. The van der Waals surface area contributed by atoms with Crippen molar-refractivity contribution in [1.82, 2.24) is 0 Å². The maximum atomic E-state index is 13.7. The molecule has 0 saturated heterocycles. The van der Waals surface area contributed by atoms with Crippen LogP contribution in [0.5, 0.6) is 0 Å². The second-order valence-electron chi connectivity index (χ2n) is 5.33. The van der Waals surface area contributed by atoms with Crippen molar-refractivity contribution in [3.63, 3.8) is 0 Å². The zero-order valence-corrected chi connectivity index (χ0v) is 13.5. The number of aryl methyl sites for hydroxylation is 1. The van der Waals surface area contributed by atoms with E-state index in [1.807, 2.05) is 37.3 Å². The SMILES string of the molecule is Cc1ccc(NC(=O)CSc2ccc3ccccc3c2)c(F)c1. The Bertz CT molecular complexity index is 863. The normalized spacial score (nSPS) is 10.7. The van der Waals surface area contributed by atoms with E-state index in [0.29, 0.717) is 0 Å². The van der Waals surface area contributed by atoms with Gasteiger partial charge in [0.15, 0.2) is 0 Å². The van der Waals surface area contributed by atoms with Crippen LogP contribution in [0.2, 0.25) is 0 Å². The second kappa shape index (κ2) is 6.84. The van der Waals surface area contributed by atoms with Crippen LogP contribution in [0.25, 0.3) is 10.8 Å². The molecule has 4 heteroatoms. The molecule has 0 aromatic heterocycles. The molecule has 0 aliphatic rings. The number of thioether (sulfide) groups is 1. The number of benzene rings is 3. The van der Waals surface area contributed by atoms with Crippen molar-refractivity contribution < 1.29 is 9.18 Å². The maximum absolute atomic E-state index is 13.7. The first-order valence-corrected chi connectivity index (χ1v) is 8.28. The van der Waals surface area contributed by atoms with Crippen LogP contribution < -0.4 is 5.32 Å². The molecule has 2 nitrogen and oxygen atoms in total. The summed E-state index contributed by atoms with van der Waals surface area (Å²) in [6.45, 7) is 1.81. The van der Waals surface area contributed by atoms with Gasteiger partial charge in [-0.1, -0.05) is 36.4 Å². The number of carbonyl (C=O) groups is 1. The minimum Gasteiger partial charge on any atom is -0.323 e. The van der Waals surface area contributed by atoms with E-state index in [0.717, 1.165) is 15.8 Å². The highest BCUT2D eigenvalue weighted by molar-refractivity contribution is 8.00. The number of rotatable bonds is 4. The van der Waals surface area contributed by atoms with E-state index in [4.69, 9.17) is 0 Å². The van der Waals surface area contributed by atoms with Crippen LogP contribution in [-0.4, -0.2) is 11.7 Å². The summed E-state index contributed by atoms with van der Waals surface area (Å²) in [7, 11) is 0. The van der Waals surface area contributed by atoms with Crippen LogP contribution in [0.15, 0.2) is 65.6 Å². The van der Waals surface area contributed by atoms with Gasteiger partial charge in [-0.3, -0.25) is 4.79 Å². The lowest BCUT2D eigenvalue weighted by Crippen LogP contribution is -2.15. The minimum atomic E-state index is -0.408. The molecule has 0 bridgehead atoms. The fourth-order valence-electron chi connectivity index (χ4n) is 2.31. The molecule has 0 radical (unpaired) electrons. The molecule has 0 aliphatic heterocycles. The number of nitrogens with one attached hydrogen (secondary N) is 1. The largest absolute Gasteiger partial charge is 0.323 e. The Balaban J connectivity index is 1.63. The lowest BCUT2D eigenvalue weighted by atomic mass is 10.1. The Hall–Kier alpha value is -2.33. The molecule has 0 heterocycles. The van der Waals surface area contributed by atoms with Gasteiger partial charge in [-0.15, -0.1) is 11.8 Å². The monoisotopic (exact) mass is 325 g/mol. The van der Waals surface area contributed by atoms with Crippen molar-refractivity contribution in [2.24, 2.45) is 0 Å². The molecule has 23 heavy (non-hydrogen) atoms. The smallest absolute Gasteiger partial charge is 0.234 e. The molecule has 0 atom stereocenters. The van der Waals surface area contributed by atoms with Gasteiger partial charge in [-0.2, -0.15) is 0 Å². The van der Waals surface area contributed by atoms with Crippen molar-refractivity contribution in [2.75, 3.05) is 11.1 Å². The van der Waals surface area contributed by atoms with Crippen molar-refractivity contribution in [3.8, 4) is 0 Å². The highest BCUT2D eigenvalue weighted by atomic mass is 32.2. The van der Waals surface area contributed by atoms with Crippen LogP contribution in [0.1, 0.15) is 5.56 Å². The fraction of sp³-hybridized carbons (Fsp3) is 0.105. The highest BCUT2D eigenvalue weighted by Gasteiger charge is 2.08. The topological polar surface area (TPSA) is 29.1 Å². The van der Waals surface area contributed by atoms with Gasteiger partial charge in [0.2, 0.25) is 5.91 Å². The van der Waals surface area contributed by atoms with E-state index in [1.165, 1.54) is 23.2 Å². The Morgan fingerprint density at radius 3 is 2.61 bits per heavy atom. The number of amides is 1. The third-order valence-corrected chi connectivity index (χ3v) is 4.48. The van der Waals surface area contributed by atoms with Crippen molar-refractivity contribution in [1.29, 1.82) is 0 Å². The number of anilines is 1. The van der Waals surface area contributed by atoms with E-state index in [-0.39, 0.29) is 17.3 Å². The van der Waals surface area contributed by atoms with Gasteiger partial charge in [0.05, 0.1) is 11.4 Å². The minimum absolute atomic E-state index is 0.217. The zero-order valence-electron chi connectivity index (χ0n) is 12.7. The standard InChI is InChI=1S/C19H16FNOS/c1-13-6-9-18(17(20)10-13)21-19(22)12-23-16-8-7-14-4-2-3-5-15(14)11-16/h2-11H,12H2,1H3,(H,21,22). The average Bonchev–Trinajstić information content (AvgIpc) is 2.55. The first-order valence-electron chi connectivity index (χ1n) is 7.29. The Morgan fingerprint density at radius 2 is 1.83 bits per heavy atom. The fourth-order valence-corrected chi connectivity index (χ4v) is 3.06. The summed E-state index contributed by atoms with van der Waals surface area (Å²) in [5.74, 6) is -0.383. The first kappa shape index (κ1) is 15.6. The van der Waals surface area contributed by atoms with E-state index in [9.17, 15) is 9.18 Å². The van der Waals surface area contributed by atoms with Crippen LogP contribution in [0.3, 0.4) is 0 Å². The quantitative estimate of drug-likeness (QED) is 0.683. The van der Waals surface area contributed by atoms with Crippen LogP contribution >= 0.6 is 11.8 Å². The predicted molar refractivity (Wildman–Crippen MR) is 94.4 cm³/mol. The van der Waals surface area contributed by atoms with Gasteiger partial charge in [-0.05, 0) is 47.5 Å². The Kier molecular flexibility index (Phi) is 4.63. The molecule has 0 saturated carbocycles. The van der Waals surface area contributed by atoms with Crippen LogP contribution in [-0.2, 0) is 4.79 Å². The predicted octanol–water partition coefficient (Wildman–Crippen LogP) is 5.02. The summed E-state index contributed by atoms with van der Waals surface area (Å²) < 4.78 is 13.7. The molecule has 0 unspecified atom stereocenters. The van der Waals surface area contributed by atoms with E-state index < -0.39 is 5.82 Å². The lowest BCUT2D eigenvalue weighted by Gasteiger charge is -2.07. The lowest BCUT2D eigenvalue weighted by molar-refractivity contribution is -0.113. The highest BCUT2D eigenvalue weighted by Crippen LogP contribution is 2.24. The van der Waals surface area contributed by atoms with Gasteiger partial charge in [-0.25, -0.2) is 4.39 Å². The third-order valence-electron chi connectivity index (χ3n) is 3.49. The van der Waals surface area contributed by atoms with Gasteiger partial charge < -0.3 is 5.32 Å². The van der Waals surface area contributed by atoms with Gasteiger partial charge in [0, 0.05) is 4.90 Å². The third kappa shape index (κ3) is 3.90. The molecular formula is C19H16FNOS. The Labute approximate surface area is 138 Å². The van der Waals surface area contributed by atoms with Crippen molar-refractivity contribution in [3.05, 3.63) is 72.0 Å². The summed E-state index contributed by atoms with van der Waals surface area (Å²) >= 11 is 1.44. The zero-order chi connectivity index (χ0) is 16.2. The molecule has 1 N–H and O–H groups in total. The summed E-state index contributed by atoms with van der Waals surface area (Å²) in [5, 5.41) is 4.92. The first-order chi connectivity index (χ1) is 11.1. The number of halogens is 1. The number of hydrogen-bond acceptors (Lipinski definition) is 2. The molecule has 3 rings (SSSR count). The number of carbonyl (C=O) groups excluding carboxylic acids is 1. The van der Waals surface area contributed by atoms with E-state index >= 15 is 0 Å². The summed E-state index contributed by atoms with van der Waals surface area (Å²) in [5.41, 5.74) is 1.05. The van der Waals surface area contributed by atoms with Gasteiger partial charge in [0.25, 0.3) is 0 Å². The number of hydrogen-bond donors (Lipinski definition) is 1. The van der Waals surface area contributed by atoms with Crippen molar-refractivity contribution >= 4 is 34.1 Å². The van der Waals surface area contributed by atoms with Crippen LogP contribution in [0, 0.1) is 12.7 Å². The van der Waals surface area contributed by atoms with Crippen molar-refractivity contribution in [2.45, 2.75) is 11.8 Å². The average molecular weight is 325 g/mol. The molecule has 0 spiro atoms. The molecule has 116 valence electrons. The Morgan fingerprint density at radius 1 is 1.04 bits per heavy atom. The van der Waals surface area contributed by atoms with E-state index in [1.54, 1.807) is 12.1 Å². The molecule has 0 aliphatic carbocycles. The summed E-state index contributed by atoms with van der Waals surface area (Å²) in [4.78, 5) is 13.0. The van der Waals surface area contributed by atoms with Crippen LogP contribution in [0.4, 0.5) is 10.1 Å². The summed E-state index contributed by atoms with van der Waals surface area (Å²) in [6, 6.07) is 18.9. The maximum Gasteiger partial charge on any atom is 0.234 e. The molecule has 3 aromatic rings. The molecule has 0 fully saturated rings. The van der Waals surface area contributed by atoms with E-state index in [2.05, 4.69) is 17.4 Å². The number of fused-ring (bicyclic) bond motifs is 1.